The van der Waals surface area contributed by atoms with E-state index in [4.69, 9.17) is 5.11 Å². The molecule has 0 bridgehead atoms. The van der Waals surface area contributed by atoms with E-state index < -0.39 is 18.0 Å². The molecule has 0 heterocycles. The van der Waals surface area contributed by atoms with E-state index in [1.165, 1.54) is 0 Å². The third-order valence-corrected chi connectivity index (χ3v) is 2.40. The predicted molar refractivity (Wildman–Crippen MR) is 72.6 cm³/mol. The van der Waals surface area contributed by atoms with Gasteiger partial charge in [0.2, 0.25) is 0 Å². The van der Waals surface area contributed by atoms with Crippen molar-refractivity contribution in [3.63, 3.8) is 0 Å². The number of aliphatic carboxylic acids is 1. The molecule has 2 amide bonds. The van der Waals surface area contributed by atoms with Crippen molar-refractivity contribution in [2.24, 2.45) is 5.92 Å². The zero-order chi connectivity index (χ0) is 14.3. The Kier molecular flexibility index (Phi) is 5.66. The van der Waals surface area contributed by atoms with E-state index in [2.05, 4.69) is 16.2 Å². The zero-order valence-corrected chi connectivity index (χ0v) is 11.0. The number of carbonyl (C=O) groups excluding carboxylic acids is 1. The van der Waals surface area contributed by atoms with Gasteiger partial charge in [-0.1, -0.05) is 32.0 Å². The number of urea groups is 1. The number of rotatable bonds is 6. The van der Waals surface area contributed by atoms with Gasteiger partial charge in [-0.3, -0.25) is 10.9 Å². The smallest absolute Gasteiger partial charge is 0.334 e. The third-order valence-electron chi connectivity index (χ3n) is 2.40. The highest BCUT2D eigenvalue weighted by atomic mass is 16.4. The van der Waals surface area contributed by atoms with Crippen molar-refractivity contribution in [1.29, 1.82) is 0 Å². The van der Waals surface area contributed by atoms with Crippen LogP contribution in [0.3, 0.4) is 0 Å². The maximum absolute atomic E-state index is 11.6. The highest BCUT2D eigenvalue weighted by Crippen LogP contribution is 2.05. The van der Waals surface area contributed by atoms with E-state index in [0.29, 0.717) is 12.1 Å². The van der Waals surface area contributed by atoms with Crippen molar-refractivity contribution < 1.29 is 14.7 Å². The molecule has 0 aliphatic rings. The fourth-order valence-electron chi connectivity index (χ4n) is 1.54. The minimum absolute atomic E-state index is 0.184. The van der Waals surface area contributed by atoms with E-state index in [1.54, 1.807) is 12.1 Å². The molecule has 0 spiro atoms. The Hall–Kier alpha value is -2.24. The van der Waals surface area contributed by atoms with Crippen LogP contribution < -0.4 is 16.2 Å². The molecule has 0 aromatic heterocycles. The SMILES string of the molecule is CC(C)CC(NC(=O)NNc1ccccc1)C(=O)O. The number of benzene rings is 1. The zero-order valence-electron chi connectivity index (χ0n) is 11.0. The van der Waals surface area contributed by atoms with E-state index in [9.17, 15) is 9.59 Å². The summed E-state index contributed by atoms with van der Waals surface area (Å²) in [6.45, 7) is 3.80. The van der Waals surface area contributed by atoms with E-state index in [0.717, 1.165) is 0 Å². The standard InChI is InChI=1S/C13H19N3O3/c1-9(2)8-11(12(17)18)14-13(19)16-15-10-6-4-3-5-7-10/h3-7,9,11,15H,8H2,1-2H3,(H,17,18)(H2,14,16,19). The lowest BCUT2D eigenvalue weighted by atomic mass is 10.0. The van der Waals surface area contributed by atoms with Crippen LogP contribution in [-0.4, -0.2) is 23.1 Å². The molecule has 0 aliphatic heterocycles. The summed E-state index contributed by atoms with van der Waals surface area (Å²) in [6, 6.07) is 7.59. The van der Waals surface area contributed by atoms with Gasteiger partial charge in [0, 0.05) is 0 Å². The van der Waals surface area contributed by atoms with Crippen molar-refractivity contribution in [2.75, 3.05) is 5.43 Å². The largest absolute Gasteiger partial charge is 0.480 e. The van der Waals surface area contributed by atoms with Crippen LogP contribution in [0.2, 0.25) is 0 Å². The van der Waals surface area contributed by atoms with Gasteiger partial charge in [-0.15, -0.1) is 0 Å². The van der Waals surface area contributed by atoms with Gasteiger partial charge in [0.25, 0.3) is 0 Å². The molecule has 1 unspecified atom stereocenters. The summed E-state index contributed by atoms with van der Waals surface area (Å²) in [5.74, 6) is -0.855. The average molecular weight is 265 g/mol. The Bertz CT molecular complexity index is 420. The molecule has 0 radical (unpaired) electrons. The molecule has 6 heteroatoms. The summed E-state index contributed by atoms with van der Waals surface area (Å²) < 4.78 is 0. The predicted octanol–water partition coefficient (Wildman–Crippen LogP) is 1.81. The fourth-order valence-corrected chi connectivity index (χ4v) is 1.54. The van der Waals surface area contributed by atoms with Crippen LogP contribution in [0.1, 0.15) is 20.3 Å². The summed E-state index contributed by atoms with van der Waals surface area (Å²) in [5, 5.41) is 11.4. The number of hydrazine groups is 1. The monoisotopic (exact) mass is 265 g/mol. The van der Waals surface area contributed by atoms with Crippen molar-refractivity contribution in [3.8, 4) is 0 Å². The first-order valence-corrected chi connectivity index (χ1v) is 6.09. The fraction of sp³-hybridized carbons (Fsp3) is 0.385. The van der Waals surface area contributed by atoms with Gasteiger partial charge in [0.05, 0.1) is 5.69 Å². The molecule has 0 saturated carbocycles. The van der Waals surface area contributed by atoms with Gasteiger partial charge in [0.1, 0.15) is 6.04 Å². The maximum atomic E-state index is 11.6. The van der Waals surface area contributed by atoms with E-state index >= 15 is 0 Å². The van der Waals surface area contributed by atoms with E-state index in [1.807, 2.05) is 32.0 Å². The Balaban J connectivity index is 2.42. The summed E-state index contributed by atoms with van der Waals surface area (Å²) in [6.07, 6.45) is 0.383. The number of amides is 2. The lowest BCUT2D eigenvalue weighted by molar-refractivity contribution is -0.139. The highest BCUT2D eigenvalue weighted by Gasteiger charge is 2.20. The first-order chi connectivity index (χ1) is 8.99. The Morgan fingerprint density at radius 1 is 1.21 bits per heavy atom. The number of carboxylic acids is 1. The lowest BCUT2D eigenvalue weighted by Gasteiger charge is -2.17. The number of nitrogens with one attached hydrogen (secondary N) is 3. The molecule has 1 aromatic rings. The van der Waals surface area contributed by atoms with Gasteiger partial charge in [-0.25, -0.2) is 9.59 Å². The van der Waals surface area contributed by atoms with Crippen LogP contribution >= 0.6 is 0 Å². The van der Waals surface area contributed by atoms with Crippen LogP contribution in [0.5, 0.6) is 0 Å². The van der Waals surface area contributed by atoms with E-state index in [-0.39, 0.29) is 5.92 Å². The van der Waals surface area contributed by atoms with Gasteiger partial charge in [0.15, 0.2) is 0 Å². The Morgan fingerprint density at radius 2 is 1.84 bits per heavy atom. The molecule has 19 heavy (non-hydrogen) atoms. The van der Waals surface area contributed by atoms with Crippen LogP contribution in [0.4, 0.5) is 10.5 Å². The minimum atomic E-state index is -1.04. The third kappa shape index (κ3) is 5.76. The molecule has 0 fully saturated rings. The van der Waals surface area contributed by atoms with Gasteiger partial charge >= 0.3 is 12.0 Å². The van der Waals surface area contributed by atoms with Gasteiger partial charge < -0.3 is 10.4 Å². The number of carboxylic acid groups (broad SMARTS) is 1. The molecule has 0 saturated heterocycles. The molecule has 104 valence electrons. The first kappa shape index (κ1) is 14.8. The van der Waals surface area contributed by atoms with Crippen molar-refractivity contribution in [1.82, 2.24) is 10.7 Å². The number of para-hydroxylation sites is 1. The molecule has 1 rings (SSSR count). The number of anilines is 1. The number of hydrogen-bond donors (Lipinski definition) is 4. The summed E-state index contributed by atoms with van der Waals surface area (Å²) in [7, 11) is 0. The molecule has 6 nitrogen and oxygen atoms in total. The van der Waals surface area contributed by atoms with Crippen LogP contribution in [0.15, 0.2) is 30.3 Å². The summed E-state index contributed by atoms with van der Waals surface area (Å²) in [4.78, 5) is 22.5. The van der Waals surface area contributed by atoms with Gasteiger partial charge in [-0.2, -0.15) is 0 Å². The van der Waals surface area contributed by atoms with Crippen molar-refractivity contribution in [3.05, 3.63) is 30.3 Å². The molecule has 1 atom stereocenters. The second-order valence-corrected chi connectivity index (χ2v) is 4.61. The van der Waals surface area contributed by atoms with Crippen molar-refractivity contribution >= 4 is 17.7 Å². The average Bonchev–Trinajstić information content (AvgIpc) is 2.36. The summed E-state index contributed by atoms with van der Waals surface area (Å²) >= 11 is 0. The molecular weight excluding hydrogens is 246 g/mol. The first-order valence-electron chi connectivity index (χ1n) is 6.09. The second-order valence-electron chi connectivity index (χ2n) is 4.61. The Labute approximate surface area is 112 Å². The molecular formula is C13H19N3O3. The molecule has 4 N–H and O–H groups in total. The maximum Gasteiger partial charge on any atom is 0.334 e. The van der Waals surface area contributed by atoms with Crippen LogP contribution in [0.25, 0.3) is 0 Å². The van der Waals surface area contributed by atoms with Crippen LogP contribution in [0, 0.1) is 5.92 Å². The topological polar surface area (TPSA) is 90.5 Å². The van der Waals surface area contributed by atoms with Gasteiger partial charge in [-0.05, 0) is 24.5 Å². The number of carbonyl (C=O) groups is 2. The Morgan fingerprint density at radius 3 is 2.37 bits per heavy atom. The minimum Gasteiger partial charge on any atom is -0.480 e. The van der Waals surface area contributed by atoms with Crippen molar-refractivity contribution in [2.45, 2.75) is 26.3 Å². The quantitative estimate of drug-likeness (QED) is 0.590. The molecule has 1 aromatic carbocycles. The van der Waals surface area contributed by atoms with Crippen LogP contribution in [-0.2, 0) is 4.79 Å². The second kappa shape index (κ2) is 7.25. The molecule has 0 aliphatic carbocycles. The highest BCUT2D eigenvalue weighted by molar-refractivity contribution is 5.83. The lowest BCUT2D eigenvalue weighted by Crippen LogP contribution is -2.48. The number of hydrogen-bond acceptors (Lipinski definition) is 3. The summed E-state index contributed by atoms with van der Waals surface area (Å²) in [5.41, 5.74) is 5.80. The normalized spacial score (nSPS) is 11.7.